The lowest BCUT2D eigenvalue weighted by molar-refractivity contribution is 0.0941. The lowest BCUT2D eigenvalue weighted by atomic mass is 10.1. The molecule has 4 nitrogen and oxygen atoms in total. The van der Waals surface area contributed by atoms with Gasteiger partial charge in [-0.2, -0.15) is 0 Å². The minimum atomic E-state index is -0.491. The molecule has 0 saturated carbocycles. The maximum Gasteiger partial charge on any atom is 0.256 e. The number of amides is 1. The largest absolute Gasteiger partial charge is 0.504 e. The second kappa shape index (κ2) is 5.80. The number of benzene rings is 1. The number of hydrogen-bond donors (Lipinski definition) is 3. The summed E-state index contributed by atoms with van der Waals surface area (Å²) in [5, 5.41) is 21.4. The molecule has 3 N–H and O–H groups in total. The minimum Gasteiger partial charge on any atom is -0.504 e. The third kappa shape index (κ3) is 3.15. The average molecular weight is 233 g/mol. The number of terminal acetylenes is 1. The highest BCUT2D eigenvalue weighted by Gasteiger charge is 2.16. The fourth-order valence-electron chi connectivity index (χ4n) is 1.44. The Labute approximate surface area is 100 Å². The molecule has 1 aromatic rings. The molecule has 0 saturated heterocycles. The van der Waals surface area contributed by atoms with Gasteiger partial charge in [-0.1, -0.05) is 25.3 Å². The van der Waals surface area contributed by atoms with E-state index in [2.05, 4.69) is 11.2 Å². The zero-order valence-electron chi connectivity index (χ0n) is 9.60. The Morgan fingerprint density at radius 1 is 1.53 bits per heavy atom. The van der Waals surface area contributed by atoms with Crippen LogP contribution in [0, 0.1) is 12.3 Å². The molecule has 0 spiro atoms. The van der Waals surface area contributed by atoms with Crippen LogP contribution in [0.15, 0.2) is 18.2 Å². The van der Waals surface area contributed by atoms with E-state index in [0.29, 0.717) is 6.42 Å². The van der Waals surface area contributed by atoms with Crippen molar-refractivity contribution in [2.75, 3.05) is 0 Å². The van der Waals surface area contributed by atoms with Crippen molar-refractivity contribution in [2.24, 2.45) is 0 Å². The maximum atomic E-state index is 11.8. The average Bonchev–Trinajstić information content (AvgIpc) is 2.31. The van der Waals surface area contributed by atoms with Crippen LogP contribution in [0.25, 0.3) is 0 Å². The minimum absolute atomic E-state index is 0.0151. The van der Waals surface area contributed by atoms with Gasteiger partial charge in [-0.15, -0.1) is 6.42 Å². The van der Waals surface area contributed by atoms with Crippen molar-refractivity contribution >= 4 is 5.91 Å². The molecule has 4 heteroatoms. The molecular weight excluding hydrogens is 218 g/mol. The van der Waals surface area contributed by atoms with E-state index in [1.165, 1.54) is 18.2 Å². The van der Waals surface area contributed by atoms with Gasteiger partial charge in [0.05, 0.1) is 11.6 Å². The van der Waals surface area contributed by atoms with Crippen LogP contribution in [0.1, 0.15) is 30.1 Å². The third-order valence-corrected chi connectivity index (χ3v) is 2.34. The molecule has 0 heterocycles. The van der Waals surface area contributed by atoms with E-state index in [1.54, 1.807) is 0 Å². The third-order valence-electron chi connectivity index (χ3n) is 2.34. The number of phenols is 2. The first kappa shape index (κ1) is 12.9. The van der Waals surface area contributed by atoms with Crippen molar-refractivity contribution in [3.05, 3.63) is 23.8 Å². The molecule has 0 aromatic heterocycles. The van der Waals surface area contributed by atoms with E-state index in [-0.39, 0.29) is 17.4 Å². The van der Waals surface area contributed by atoms with Gasteiger partial charge in [0, 0.05) is 0 Å². The fraction of sp³-hybridized carbons (Fsp3) is 0.308. The molecule has 1 unspecified atom stereocenters. The molecule has 1 aromatic carbocycles. The Hall–Kier alpha value is -2.15. The second-order valence-corrected chi connectivity index (χ2v) is 3.65. The van der Waals surface area contributed by atoms with Crippen molar-refractivity contribution in [2.45, 2.75) is 25.8 Å². The quantitative estimate of drug-likeness (QED) is 0.547. The van der Waals surface area contributed by atoms with Crippen LogP contribution in [0.2, 0.25) is 0 Å². The van der Waals surface area contributed by atoms with Crippen molar-refractivity contribution in [3.63, 3.8) is 0 Å². The van der Waals surface area contributed by atoms with Gasteiger partial charge in [0.2, 0.25) is 0 Å². The van der Waals surface area contributed by atoms with Gasteiger partial charge in [0.15, 0.2) is 11.5 Å². The smallest absolute Gasteiger partial charge is 0.256 e. The zero-order chi connectivity index (χ0) is 12.8. The van der Waals surface area contributed by atoms with E-state index in [1.807, 2.05) is 6.92 Å². The molecular formula is C13H15NO3. The predicted molar refractivity (Wildman–Crippen MR) is 64.8 cm³/mol. The Kier molecular flexibility index (Phi) is 4.41. The highest BCUT2D eigenvalue weighted by atomic mass is 16.3. The van der Waals surface area contributed by atoms with Gasteiger partial charge in [0.25, 0.3) is 5.91 Å². The topological polar surface area (TPSA) is 69.6 Å². The Morgan fingerprint density at radius 3 is 2.82 bits per heavy atom. The number of hydrogen-bond acceptors (Lipinski definition) is 3. The van der Waals surface area contributed by atoms with E-state index in [9.17, 15) is 15.0 Å². The molecule has 0 aliphatic carbocycles. The van der Waals surface area contributed by atoms with Gasteiger partial charge in [-0.25, -0.2) is 0 Å². The molecule has 1 atom stereocenters. The van der Waals surface area contributed by atoms with Crippen LogP contribution < -0.4 is 5.32 Å². The highest BCUT2D eigenvalue weighted by molar-refractivity contribution is 5.97. The van der Waals surface area contributed by atoms with E-state index < -0.39 is 11.7 Å². The van der Waals surface area contributed by atoms with Crippen LogP contribution in [0.3, 0.4) is 0 Å². The Bertz CT molecular complexity index is 448. The van der Waals surface area contributed by atoms with Gasteiger partial charge in [-0.05, 0) is 18.6 Å². The Balaban J connectivity index is 2.83. The molecule has 90 valence electrons. The first-order valence-electron chi connectivity index (χ1n) is 5.38. The van der Waals surface area contributed by atoms with Crippen molar-refractivity contribution in [1.82, 2.24) is 5.32 Å². The van der Waals surface area contributed by atoms with Crippen molar-refractivity contribution < 1.29 is 15.0 Å². The van der Waals surface area contributed by atoms with Crippen LogP contribution in [0.4, 0.5) is 0 Å². The number of rotatable bonds is 4. The zero-order valence-corrected chi connectivity index (χ0v) is 9.60. The number of carbonyl (C=O) groups is 1. The van der Waals surface area contributed by atoms with Gasteiger partial charge >= 0.3 is 0 Å². The summed E-state index contributed by atoms with van der Waals surface area (Å²) < 4.78 is 0. The summed E-state index contributed by atoms with van der Waals surface area (Å²) >= 11 is 0. The summed E-state index contributed by atoms with van der Waals surface area (Å²) in [6, 6.07) is 3.84. The monoisotopic (exact) mass is 233 g/mol. The summed E-state index contributed by atoms with van der Waals surface area (Å²) in [7, 11) is 0. The van der Waals surface area contributed by atoms with Gasteiger partial charge in [0.1, 0.15) is 0 Å². The van der Waals surface area contributed by atoms with Crippen molar-refractivity contribution in [3.8, 4) is 23.8 Å². The Morgan fingerprint density at radius 2 is 2.24 bits per heavy atom. The number of nitrogens with one attached hydrogen (secondary N) is 1. The fourth-order valence-corrected chi connectivity index (χ4v) is 1.44. The molecule has 0 fully saturated rings. The highest BCUT2D eigenvalue weighted by Crippen LogP contribution is 2.27. The summed E-state index contributed by atoms with van der Waals surface area (Å²) in [6.07, 6.45) is 6.79. The van der Waals surface area contributed by atoms with E-state index in [0.717, 1.165) is 6.42 Å². The SMILES string of the molecule is C#CC(CCC)NC(=O)c1cccc(O)c1O. The predicted octanol–water partition coefficient (Wildman–Crippen LogP) is 1.63. The number of carbonyl (C=O) groups excluding carboxylic acids is 1. The van der Waals surface area contributed by atoms with Crippen molar-refractivity contribution in [1.29, 1.82) is 0 Å². The lowest BCUT2D eigenvalue weighted by Crippen LogP contribution is -2.33. The standard InChI is InChI=1S/C13H15NO3/c1-3-6-9(4-2)14-13(17)10-7-5-8-11(15)12(10)16/h2,5,7-9,15-16H,3,6H2,1H3,(H,14,17). The lowest BCUT2D eigenvalue weighted by Gasteiger charge is -2.12. The summed E-state index contributed by atoms with van der Waals surface area (Å²) in [6.45, 7) is 1.96. The number of para-hydroxylation sites is 1. The maximum absolute atomic E-state index is 11.8. The summed E-state index contributed by atoms with van der Waals surface area (Å²) in [5.74, 6) is 1.21. The van der Waals surface area contributed by atoms with Gasteiger partial charge in [-0.3, -0.25) is 4.79 Å². The van der Waals surface area contributed by atoms with E-state index in [4.69, 9.17) is 6.42 Å². The van der Waals surface area contributed by atoms with Gasteiger partial charge < -0.3 is 15.5 Å². The molecule has 1 amide bonds. The molecule has 0 aliphatic heterocycles. The first-order chi connectivity index (χ1) is 8.10. The molecule has 1 rings (SSSR count). The first-order valence-corrected chi connectivity index (χ1v) is 5.38. The molecule has 17 heavy (non-hydrogen) atoms. The number of aromatic hydroxyl groups is 2. The summed E-state index contributed by atoms with van der Waals surface area (Å²) in [4.78, 5) is 11.8. The normalized spacial score (nSPS) is 11.5. The van der Waals surface area contributed by atoms with Crippen LogP contribution in [-0.4, -0.2) is 22.2 Å². The van der Waals surface area contributed by atoms with Crippen LogP contribution >= 0.6 is 0 Å². The second-order valence-electron chi connectivity index (χ2n) is 3.65. The summed E-state index contributed by atoms with van der Waals surface area (Å²) in [5.41, 5.74) is 0.0151. The van der Waals surface area contributed by atoms with Crippen LogP contribution in [0.5, 0.6) is 11.5 Å². The number of phenolic OH excluding ortho intramolecular Hbond substituents is 2. The molecule has 0 radical (unpaired) electrons. The molecule has 0 aliphatic rings. The van der Waals surface area contributed by atoms with E-state index >= 15 is 0 Å². The van der Waals surface area contributed by atoms with Crippen LogP contribution in [-0.2, 0) is 0 Å². The molecule has 0 bridgehead atoms.